The van der Waals surface area contributed by atoms with Gasteiger partial charge in [-0.25, -0.2) is 0 Å². The first-order valence-electron chi connectivity index (χ1n) is 6.99. The van der Waals surface area contributed by atoms with Crippen LogP contribution in [0.3, 0.4) is 0 Å². The number of nitrogens with zero attached hydrogens (tertiary/aromatic N) is 1. The van der Waals surface area contributed by atoms with Crippen molar-refractivity contribution in [2.45, 2.75) is 31.8 Å². The van der Waals surface area contributed by atoms with Gasteiger partial charge in [0.05, 0.1) is 19.1 Å². The van der Waals surface area contributed by atoms with Crippen LogP contribution < -0.4 is 4.74 Å². The van der Waals surface area contributed by atoms with Gasteiger partial charge in [-0.2, -0.15) is 0 Å². The van der Waals surface area contributed by atoms with Gasteiger partial charge in [-0.05, 0) is 36.5 Å². The van der Waals surface area contributed by atoms with Gasteiger partial charge in [0.2, 0.25) is 5.71 Å². The molecule has 0 bridgehead atoms. The zero-order chi connectivity index (χ0) is 14.1. The minimum absolute atomic E-state index is 0.113. The fourth-order valence-corrected chi connectivity index (χ4v) is 3.21. The van der Waals surface area contributed by atoms with Crippen molar-refractivity contribution >= 4 is 5.71 Å². The first-order valence-corrected chi connectivity index (χ1v) is 6.99. The molecule has 4 heteroatoms. The Morgan fingerprint density at radius 1 is 1.30 bits per heavy atom. The number of rotatable bonds is 2. The molecule has 0 fully saturated rings. The molecule has 0 N–H and O–H groups in total. The highest BCUT2D eigenvalue weighted by atomic mass is 16.9. The Morgan fingerprint density at radius 2 is 2.05 bits per heavy atom. The highest BCUT2D eigenvalue weighted by Crippen LogP contribution is 2.39. The molecular weight excluding hydrogens is 254 g/mol. The van der Waals surface area contributed by atoms with E-state index >= 15 is 0 Å². The second-order valence-electron chi connectivity index (χ2n) is 5.39. The zero-order valence-corrected chi connectivity index (χ0v) is 11.8. The van der Waals surface area contributed by atoms with Crippen molar-refractivity contribution in [1.82, 2.24) is 0 Å². The van der Waals surface area contributed by atoms with Crippen LogP contribution in [0.4, 0.5) is 0 Å². The fourth-order valence-electron chi connectivity index (χ4n) is 3.21. The quantitative estimate of drug-likeness (QED) is 0.614. The predicted octanol–water partition coefficient (Wildman–Crippen LogP) is 3.03. The minimum atomic E-state index is -0.114. The zero-order valence-electron chi connectivity index (χ0n) is 11.8. The molecule has 4 nitrogen and oxygen atoms in total. The van der Waals surface area contributed by atoms with Crippen molar-refractivity contribution < 1.29 is 14.5 Å². The van der Waals surface area contributed by atoms with Crippen LogP contribution >= 0.6 is 0 Å². The van der Waals surface area contributed by atoms with E-state index in [0.717, 1.165) is 29.9 Å². The van der Waals surface area contributed by atoms with E-state index in [9.17, 15) is 5.21 Å². The van der Waals surface area contributed by atoms with Crippen LogP contribution in [0.2, 0.25) is 0 Å². The standard InChI is InChI=1S/C16H19NO3/c1-11-16(12-7-9-13(19-2)10-8-12)14-5-3-4-6-15(14)20-17(11)18/h4,6-10,14-16H,3,5H2,1-2H3/t14-,15+,16-/m0/s1. The number of hydrogen-bond acceptors (Lipinski definition) is 3. The first-order chi connectivity index (χ1) is 9.70. The van der Waals surface area contributed by atoms with Gasteiger partial charge in [0.15, 0.2) is 0 Å². The molecule has 1 aliphatic heterocycles. The van der Waals surface area contributed by atoms with Crippen LogP contribution in [0, 0.1) is 11.1 Å². The van der Waals surface area contributed by atoms with E-state index in [4.69, 9.17) is 9.57 Å². The fraction of sp³-hybridized carbons (Fsp3) is 0.438. The summed E-state index contributed by atoms with van der Waals surface area (Å²) in [5.74, 6) is 1.28. The van der Waals surface area contributed by atoms with Crippen LogP contribution in [0.1, 0.15) is 31.2 Å². The lowest BCUT2D eigenvalue weighted by Gasteiger charge is -2.38. The van der Waals surface area contributed by atoms with Crippen molar-refractivity contribution in [3.8, 4) is 5.75 Å². The molecular formula is C16H19NO3. The van der Waals surface area contributed by atoms with E-state index in [1.54, 1.807) is 7.11 Å². The molecule has 2 aliphatic rings. The number of ether oxygens (including phenoxy) is 1. The van der Waals surface area contributed by atoms with Crippen LogP contribution in [0.25, 0.3) is 0 Å². The Kier molecular flexibility index (Phi) is 3.38. The molecule has 106 valence electrons. The Hall–Kier alpha value is -1.97. The van der Waals surface area contributed by atoms with Crippen molar-refractivity contribution in [3.05, 3.63) is 47.2 Å². The summed E-state index contributed by atoms with van der Waals surface area (Å²) >= 11 is 0. The average Bonchev–Trinajstić information content (AvgIpc) is 2.49. The second-order valence-corrected chi connectivity index (χ2v) is 5.39. The lowest BCUT2D eigenvalue weighted by molar-refractivity contribution is -0.758. The van der Waals surface area contributed by atoms with Gasteiger partial charge >= 0.3 is 0 Å². The van der Waals surface area contributed by atoms with Gasteiger partial charge in [-0.1, -0.05) is 24.3 Å². The minimum Gasteiger partial charge on any atom is -0.497 e. The Balaban J connectivity index is 1.99. The number of benzene rings is 1. The topological polar surface area (TPSA) is 44.5 Å². The molecule has 1 aliphatic carbocycles. The van der Waals surface area contributed by atoms with Crippen molar-refractivity contribution in [2.75, 3.05) is 7.11 Å². The molecule has 3 atom stereocenters. The third kappa shape index (κ3) is 2.15. The Labute approximate surface area is 118 Å². The van der Waals surface area contributed by atoms with E-state index in [0.29, 0.717) is 10.8 Å². The van der Waals surface area contributed by atoms with E-state index in [1.807, 2.05) is 37.3 Å². The summed E-state index contributed by atoms with van der Waals surface area (Å²) in [6.45, 7) is 1.86. The Bertz CT molecular complexity index is 547. The molecule has 20 heavy (non-hydrogen) atoms. The summed E-state index contributed by atoms with van der Waals surface area (Å²) in [6, 6.07) is 7.98. The maximum atomic E-state index is 12.0. The molecule has 3 rings (SSSR count). The second kappa shape index (κ2) is 5.19. The van der Waals surface area contributed by atoms with Crippen LogP contribution in [-0.2, 0) is 4.84 Å². The van der Waals surface area contributed by atoms with E-state index in [1.165, 1.54) is 0 Å². The van der Waals surface area contributed by atoms with Gasteiger partial charge in [-0.3, -0.25) is 5.21 Å². The van der Waals surface area contributed by atoms with E-state index in [-0.39, 0.29) is 12.0 Å². The van der Waals surface area contributed by atoms with Crippen LogP contribution in [0.5, 0.6) is 5.75 Å². The summed E-state index contributed by atoms with van der Waals surface area (Å²) < 4.78 is 5.20. The van der Waals surface area contributed by atoms with E-state index in [2.05, 4.69) is 6.08 Å². The predicted molar refractivity (Wildman–Crippen MR) is 76.8 cm³/mol. The molecule has 0 spiro atoms. The summed E-state index contributed by atoms with van der Waals surface area (Å²) in [5, 5.41) is 12.0. The molecule has 1 heterocycles. The largest absolute Gasteiger partial charge is 0.497 e. The van der Waals surface area contributed by atoms with Crippen molar-refractivity contribution in [2.24, 2.45) is 5.92 Å². The van der Waals surface area contributed by atoms with Crippen molar-refractivity contribution in [1.29, 1.82) is 0 Å². The number of hydrogen-bond donors (Lipinski definition) is 0. The lowest BCUT2D eigenvalue weighted by atomic mass is 9.75. The number of allylic oxidation sites excluding steroid dienone is 1. The monoisotopic (exact) mass is 273 g/mol. The highest BCUT2D eigenvalue weighted by molar-refractivity contribution is 5.85. The molecule has 0 saturated heterocycles. The molecule has 1 aromatic rings. The summed E-state index contributed by atoms with van der Waals surface area (Å²) in [6.07, 6.45) is 6.09. The molecule has 0 radical (unpaired) electrons. The number of fused-ring (bicyclic) bond motifs is 1. The third-order valence-corrected chi connectivity index (χ3v) is 4.27. The summed E-state index contributed by atoms with van der Waals surface area (Å²) in [5.41, 5.74) is 1.88. The highest BCUT2D eigenvalue weighted by Gasteiger charge is 2.40. The van der Waals surface area contributed by atoms with E-state index < -0.39 is 0 Å². The van der Waals surface area contributed by atoms with Gasteiger partial charge in [-0.15, -0.1) is 0 Å². The lowest BCUT2D eigenvalue weighted by Crippen LogP contribution is -2.42. The molecule has 0 saturated carbocycles. The van der Waals surface area contributed by atoms with Crippen molar-refractivity contribution in [3.63, 3.8) is 0 Å². The molecule has 0 amide bonds. The maximum absolute atomic E-state index is 12.0. The summed E-state index contributed by atoms with van der Waals surface area (Å²) in [4.78, 5) is 6.11. The van der Waals surface area contributed by atoms with Gasteiger partial charge in [0.25, 0.3) is 0 Å². The van der Waals surface area contributed by atoms with Gasteiger partial charge < -0.3 is 9.57 Å². The Morgan fingerprint density at radius 3 is 2.75 bits per heavy atom. The molecule has 1 aromatic carbocycles. The van der Waals surface area contributed by atoms with Crippen LogP contribution in [0.15, 0.2) is 36.4 Å². The summed E-state index contributed by atoms with van der Waals surface area (Å²) in [7, 11) is 1.65. The normalized spacial score (nSPS) is 28.8. The molecule has 0 aromatic heterocycles. The molecule has 0 unspecified atom stereocenters. The maximum Gasteiger partial charge on any atom is 0.226 e. The third-order valence-electron chi connectivity index (χ3n) is 4.27. The smallest absolute Gasteiger partial charge is 0.226 e. The van der Waals surface area contributed by atoms with Crippen LogP contribution in [-0.4, -0.2) is 23.8 Å². The SMILES string of the molecule is COc1ccc([C@@H]2C(C)=[N+]([O-])O[C@@H]3C=CCC[C@@H]32)cc1. The first kappa shape index (κ1) is 13.0. The van der Waals surface area contributed by atoms with Gasteiger partial charge in [0, 0.05) is 11.8 Å². The average molecular weight is 273 g/mol. The van der Waals surface area contributed by atoms with Gasteiger partial charge in [0.1, 0.15) is 5.75 Å². The number of methoxy groups -OCH3 is 1.